The summed E-state index contributed by atoms with van der Waals surface area (Å²) < 4.78 is 0. The predicted molar refractivity (Wildman–Crippen MR) is 142 cm³/mol. The highest BCUT2D eigenvalue weighted by Crippen LogP contribution is 2.59. The first kappa shape index (κ1) is 27.2. The van der Waals surface area contributed by atoms with Crippen molar-refractivity contribution in [3.8, 4) is 0 Å². The van der Waals surface area contributed by atoms with Crippen LogP contribution >= 0.6 is 0 Å². The second kappa shape index (κ2) is 11.5. The molecule has 3 fully saturated rings. The van der Waals surface area contributed by atoms with Crippen LogP contribution in [0.25, 0.3) is 0 Å². The van der Waals surface area contributed by atoms with E-state index in [0.29, 0.717) is 36.0 Å². The van der Waals surface area contributed by atoms with Crippen LogP contribution in [0.1, 0.15) is 85.5 Å². The summed E-state index contributed by atoms with van der Waals surface area (Å²) in [5.41, 5.74) is 3.29. The maximum Gasteiger partial charge on any atom is 0.0825 e. The smallest absolute Gasteiger partial charge is 0.0825 e. The van der Waals surface area contributed by atoms with Crippen LogP contribution in [0.4, 0.5) is 0 Å². The summed E-state index contributed by atoms with van der Waals surface area (Å²) in [6, 6.07) is 0. The van der Waals surface area contributed by atoms with Gasteiger partial charge in [0.25, 0.3) is 0 Å². The summed E-state index contributed by atoms with van der Waals surface area (Å²) in [6.07, 6.45) is 21.5. The van der Waals surface area contributed by atoms with E-state index in [9.17, 15) is 15.3 Å². The fourth-order valence-corrected chi connectivity index (χ4v) is 7.01. The molecule has 0 radical (unpaired) electrons. The molecule has 3 aliphatic carbocycles. The molecule has 0 aromatic rings. The fourth-order valence-electron chi connectivity index (χ4n) is 7.01. The van der Waals surface area contributed by atoms with Crippen LogP contribution in [0, 0.1) is 29.1 Å². The predicted octanol–water partition coefficient (Wildman–Crippen LogP) is 6.67. The fraction of sp³-hybridized carbons (Fsp3) is 0.677. The van der Waals surface area contributed by atoms with E-state index in [0.717, 1.165) is 30.4 Å². The van der Waals surface area contributed by atoms with Gasteiger partial charge in [-0.3, -0.25) is 0 Å². The number of hydrogen-bond acceptors (Lipinski definition) is 3. The molecule has 3 N–H and O–H groups in total. The summed E-state index contributed by atoms with van der Waals surface area (Å²) in [4.78, 5) is 0. The first-order valence-electron chi connectivity index (χ1n) is 13.6. The number of fused-ring (bicyclic) bond motifs is 1. The molecule has 3 heteroatoms. The molecular formula is C31H48O3. The SMILES string of the molecule is C=C1/C(=C\C=C2/CCC[C@]3(C)[C@@H]([C@H](C)/C=C/C=C/C(O)(CC)CC)CC[C@@H]23)C[C@@H](O)C[C@@H]1CO. The quantitative estimate of drug-likeness (QED) is 0.348. The van der Waals surface area contributed by atoms with Crippen LogP contribution in [0.2, 0.25) is 0 Å². The van der Waals surface area contributed by atoms with E-state index in [4.69, 9.17) is 0 Å². The van der Waals surface area contributed by atoms with Gasteiger partial charge in [-0.1, -0.05) is 76.3 Å². The highest BCUT2D eigenvalue weighted by atomic mass is 16.3. The lowest BCUT2D eigenvalue weighted by Gasteiger charge is -2.44. The molecule has 3 nitrogen and oxygen atoms in total. The molecule has 3 aliphatic rings. The van der Waals surface area contributed by atoms with Crippen molar-refractivity contribution >= 4 is 0 Å². The highest BCUT2D eigenvalue weighted by molar-refractivity contribution is 5.38. The van der Waals surface area contributed by atoms with E-state index in [2.05, 4.69) is 44.7 Å². The van der Waals surface area contributed by atoms with Crippen molar-refractivity contribution < 1.29 is 15.3 Å². The maximum atomic E-state index is 10.5. The number of rotatable bonds is 8. The summed E-state index contributed by atoms with van der Waals surface area (Å²) in [7, 11) is 0. The maximum absolute atomic E-state index is 10.5. The first-order valence-corrected chi connectivity index (χ1v) is 13.6. The van der Waals surface area contributed by atoms with Gasteiger partial charge in [0.05, 0.1) is 18.3 Å². The van der Waals surface area contributed by atoms with E-state index in [1.165, 1.54) is 25.7 Å². The van der Waals surface area contributed by atoms with Gasteiger partial charge in [0.1, 0.15) is 0 Å². The van der Waals surface area contributed by atoms with E-state index in [1.54, 1.807) is 5.57 Å². The Hall–Kier alpha value is -1.42. The molecule has 0 spiro atoms. The lowest BCUT2D eigenvalue weighted by atomic mass is 9.61. The minimum absolute atomic E-state index is 0.0202. The van der Waals surface area contributed by atoms with E-state index in [-0.39, 0.29) is 18.6 Å². The van der Waals surface area contributed by atoms with Crippen LogP contribution < -0.4 is 0 Å². The topological polar surface area (TPSA) is 60.7 Å². The van der Waals surface area contributed by atoms with Gasteiger partial charge in [0.2, 0.25) is 0 Å². The Bertz CT molecular complexity index is 828. The van der Waals surface area contributed by atoms with Crippen molar-refractivity contribution in [2.24, 2.45) is 29.1 Å². The zero-order valence-electron chi connectivity index (χ0n) is 22.0. The Balaban J connectivity index is 1.72. The third kappa shape index (κ3) is 5.86. The zero-order chi connectivity index (χ0) is 24.9. The number of aliphatic hydroxyl groups is 3. The minimum atomic E-state index is -0.688. The largest absolute Gasteiger partial charge is 0.396 e. The van der Waals surface area contributed by atoms with E-state index in [1.807, 2.05) is 26.0 Å². The molecule has 0 bridgehead atoms. The second-order valence-electron chi connectivity index (χ2n) is 11.4. The van der Waals surface area contributed by atoms with Crippen LogP contribution in [0.3, 0.4) is 0 Å². The van der Waals surface area contributed by atoms with Gasteiger partial charge < -0.3 is 15.3 Å². The standard InChI is InChI=1S/C31H48O3/c1-6-31(34,7-2)18-9-8-11-22(3)28-15-16-29-24(12-10-17-30(28,29)5)13-14-25-19-27(33)20-26(21-32)23(25)4/h8-9,11,13-14,18,22,26-29,32-34H,4,6-7,10,12,15-17,19-21H2,1-3,5H3/b11-8+,18-9+,24-13+,25-14-/t22-,26-,27-,28-,29+,30-/m1/s1. The zero-order valence-corrected chi connectivity index (χ0v) is 22.0. The van der Waals surface area contributed by atoms with E-state index >= 15 is 0 Å². The molecule has 190 valence electrons. The number of allylic oxidation sites excluding steroid dienone is 6. The average Bonchev–Trinajstić information content (AvgIpc) is 3.19. The number of hydrogen-bond donors (Lipinski definition) is 3. The van der Waals surface area contributed by atoms with Crippen LogP contribution in [-0.4, -0.2) is 33.6 Å². The van der Waals surface area contributed by atoms with Gasteiger partial charge in [-0.2, -0.15) is 0 Å². The summed E-state index contributed by atoms with van der Waals surface area (Å²) in [6.45, 7) is 13.2. The molecule has 34 heavy (non-hydrogen) atoms. The molecular weight excluding hydrogens is 420 g/mol. The van der Waals surface area contributed by atoms with Crippen molar-refractivity contribution in [3.63, 3.8) is 0 Å². The lowest BCUT2D eigenvalue weighted by molar-refractivity contribution is 0.0828. The van der Waals surface area contributed by atoms with Crippen molar-refractivity contribution in [1.29, 1.82) is 0 Å². The molecule has 0 aromatic carbocycles. The Morgan fingerprint density at radius 3 is 2.59 bits per heavy atom. The van der Waals surface area contributed by atoms with Gasteiger partial charge in [-0.25, -0.2) is 0 Å². The Labute approximate surface area is 208 Å². The second-order valence-corrected chi connectivity index (χ2v) is 11.4. The average molecular weight is 469 g/mol. The molecule has 6 atom stereocenters. The third-order valence-electron chi connectivity index (χ3n) is 9.47. The first-order chi connectivity index (χ1) is 16.2. The van der Waals surface area contributed by atoms with Crippen LogP contribution in [-0.2, 0) is 0 Å². The Kier molecular flexibility index (Phi) is 9.23. The molecule has 0 aromatic heterocycles. The normalized spacial score (nSPS) is 36.1. The highest BCUT2D eigenvalue weighted by Gasteiger charge is 2.50. The van der Waals surface area contributed by atoms with Crippen molar-refractivity contribution in [1.82, 2.24) is 0 Å². The Morgan fingerprint density at radius 2 is 1.91 bits per heavy atom. The van der Waals surface area contributed by atoms with Gasteiger partial charge >= 0.3 is 0 Å². The molecule has 3 saturated carbocycles. The van der Waals surface area contributed by atoms with Crippen LogP contribution in [0.15, 0.2) is 59.8 Å². The van der Waals surface area contributed by atoms with Gasteiger partial charge in [0, 0.05) is 5.92 Å². The number of aliphatic hydroxyl groups excluding tert-OH is 2. The molecule has 0 unspecified atom stereocenters. The van der Waals surface area contributed by atoms with Gasteiger partial charge in [-0.15, -0.1) is 0 Å². The molecule has 0 aliphatic heterocycles. The molecule has 0 heterocycles. The molecule has 0 saturated heterocycles. The van der Waals surface area contributed by atoms with Crippen molar-refractivity contribution in [2.45, 2.75) is 97.2 Å². The third-order valence-corrected chi connectivity index (χ3v) is 9.47. The Morgan fingerprint density at radius 1 is 1.18 bits per heavy atom. The molecule has 0 amide bonds. The van der Waals surface area contributed by atoms with Crippen molar-refractivity contribution in [2.75, 3.05) is 6.61 Å². The molecule has 3 rings (SSSR count). The summed E-state index contributed by atoms with van der Waals surface area (Å²) >= 11 is 0. The van der Waals surface area contributed by atoms with Gasteiger partial charge in [-0.05, 0) is 92.1 Å². The minimum Gasteiger partial charge on any atom is -0.396 e. The van der Waals surface area contributed by atoms with Gasteiger partial charge in [0.15, 0.2) is 0 Å². The summed E-state index contributed by atoms with van der Waals surface area (Å²) in [5, 5.41) is 30.4. The summed E-state index contributed by atoms with van der Waals surface area (Å²) in [5.74, 6) is 1.77. The monoisotopic (exact) mass is 468 g/mol. The van der Waals surface area contributed by atoms with Crippen LogP contribution in [0.5, 0.6) is 0 Å². The van der Waals surface area contributed by atoms with Crippen molar-refractivity contribution in [3.05, 3.63) is 59.8 Å². The van der Waals surface area contributed by atoms with E-state index < -0.39 is 5.60 Å². The lowest BCUT2D eigenvalue weighted by Crippen LogP contribution is -2.35.